The Bertz CT molecular complexity index is 912. The standard InChI is InChI=1S/C17H9NO4/c19-14-8-4-1-2-5-9(8)15(20)12-11(14)16(21)10-6-3-7-18-13(10)17(12)22/h1-7,21-22H. The number of ketones is 2. The molecule has 0 radical (unpaired) electrons. The monoisotopic (exact) mass is 291 g/mol. The quantitative estimate of drug-likeness (QED) is 0.486. The molecule has 1 heterocycles. The summed E-state index contributed by atoms with van der Waals surface area (Å²) in [4.78, 5) is 29.2. The second-order valence-electron chi connectivity index (χ2n) is 5.05. The van der Waals surface area contributed by atoms with Gasteiger partial charge in [-0.15, -0.1) is 0 Å². The Labute approximate surface area is 124 Å². The predicted octanol–water partition coefficient (Wildman–Crippen LogP) is 2.42. The lowest BCUT2D eigenvalue weighted by Gasteiger charge is -2.20. The lowest BCUT2D eigenvalue weighted by Crippen LogP contribution is -2.21. The van der Waals surface area contributed by atoms with Gasteiger partial charge in [0.25, 0.3) is 0 Å². The van der Waals surface area contributed by atoms with Crippen molar-refractivity contribution >= 4 is 22.5 Å². The van der Waals surface area contributed by atoms with Crippen molar-refractivity contribution in [3.8, 4) is 11.5 Å². The fourth-order valence-corrected chi connectivity index (χ4v) is 2.87. The zero-order chi connectivity index (χ0) is 15.4. The molecule has 5 heteroatoms. The van der Waals surface area contributed by atoms with Gasteiger partial charge in [-0.25, -0.2) is 0 Å². The van der Waals surface area contributed by atoms with Crippen molar-refractivity contribution in [3.05, 3.63) is 64.8 Å². The molecule has 106 valence electrons. The number of phenolic OH excluding ortho intramolecular Hbond substituents is 2. The van der Waals surface area contributed by atoms with E-state index in [-0.39, 0.29) is 44.7 Å². The molecule has 2 N–H and O–H groups in total. The number of rotatable bonds is 0. The topological polar surface area (TPSA) is 87.5 Å². The van der Waals surface area contributed by atoms with Crippen molar-refractivity contribution in [1.29, 1.82) is 0 Å². The molecule has 0 aliphatic heterocycles. The molecule has 1 aliphatic rings. The van der Waals surface area contributed by atoms with Crippen molar-refractivity contribution in [1.82, 2.24) is 4.98 Å². The minimum atomic E-state index is -0.495. The number of phenols is 2. The Kier molecular flexibility index (Phi) is 2.36. The molecule has 1 aliphatic carbocycles. The van der Waals surface area contributed by atoms with E-state index >= 15 is 0 Å². The number of carbonyl (C=O) groups is 2. The normalized spacial score (nSPS) is 13.1. The van der Waals surface area contributed by atoms with E-state index in [4.69, 9.17) is 0 Å². The fraction of sp³-hybridized carbons (Fsp3) is 0. The number of carbonyl (C=O) groups excluding carboxylic acids is 2. The smallest absolute Gasteiger partial charge is 0.198 e. The van der Waals surface area contributed by atoms with Crippen LogP contribution in [0.1, 0.15) is 31.8 Å². The third kappa shape index (κ3) is 1.39. The number of hydrogen-bond donors (Lipinski definition) is 2. The molecule has 0 amide bonds. The lowest BCUT2D eigenvalue weighted by molar-refractivity contribution is 0.0974. The van der Waals surface area contributed by atoms with Gasteiger partial charge in [0.15, 0.2) is 17.3 Å². The summed E-state index contributed by atoms with van der Waals surface area (Å²) in [5.41, 5.74) is 0.177. The van der Waals surface area contributed by atoms with Crippen molar-refractivity contribution in [2.24, 2.45) is 0 Å². The molecule has 4 rings (SSSR count). The number of pyridine rings is 1. The van der Waals surface area contributed by atoms with Crippen LogP contribution in [0.2, 0.25) is 0 Å². The van der Waals surface area contributed by atoms with Crippen molar-refractivity contribution in [3.63, 3.8) is 0 Å². The first kappa shape index (κ1) is 12.5. The van der Waals surface area contributed by atoms with Gasteiger partial charge in [-0.05, 0) is 12.1 Å². The first-order valence-electron chi connectivity index (χ1n) is 6.62. The van der Waals surface area contributed by atoms with Crippen LogP contribution in [0.5, 0.6) is 11.5 Å². The number of nitrogens with zero attached hydrogens (tertiary/aromatic N) is 1. The van der Waals surface area contributed by atoms with Crippen LogP contribution in [0, 0.1) is 0 Å². The van der Waals surface area contributed by atoms with Crippen molar-refractivity contribution < 1.29 is 19.8 Å². The second-order valence-corrected chi connectivity index (χ2v) is 5.05. The lowest BCUT2D eigenvalue weighted by atomic mass is 9.82. The van der Waals surface area contributed by atoms with Crippen molar-refractivity contribution in [2.45, 2.75) is 0 Å². The van der Waals surface area contributed by atoms with Gasteiger partial charge in [-0.2, -0.15) is 0 Å². The Morgan fingerprint density at radius 1 is 0.773 bits per heavy atom. The van der Waals surface area contributed by atoms with Gasteiger partial charge in [-0.3, -0.25) is 14.6 Å². The summed E-state index contributed by atoms with van der Waals surface area (Å²) in [6.07, 6.45) is 1.44. The third-order valence-corrected chi connectivity index (χ3v) is 3.88. The second kappa shape index (κ2) is 4.14. The van der Waals surface area contributed by atoms with E-state index in [1.165, 1.54) is 24.4 Å². The minimum Gasteiger partial charge on any atom is -0.506 e. The fourth-order valence-electron chi connectivity index (χ4n) is 2.87. The number of aromatic nitrogens is 1. The number of aromatic hydroxyl groups is 2. The molecule has 1 aromatic heterocycles. The molecule has 0 atom stereocenters. The van der Waals surface area contributed by atoms with E-state index in [1.807, 2.05) is 0 Å². The molecular formula is C17H9NO4. The van der Waals surface area contributed by atoms with E-state index in [0.717, 1.165) is 0 Å². The molecule has 0 saturated heterocycles. The summed E-state index contributed by atoms with van der Waals surface area (Å²) < 4.78 is 0. The van der Waals surface area contributed by atoms with Crippen molar-refractivity contribution in [2.75, 3.05) is 0 Å². The van der Waals surface area contributed by atoms with E-state index in [0.29, 0.717) is 0 Å². The number of fused-ring (bicyclic) bond motifs is 3. The maximum absolute atomic E-state index is 12.6. The Balaban J connectivity index is 2.19. The first-order chi connectivity index (χ1) is 10.6. The highest BCUT2D eigenvalue weighted by Crippen LogP contribution is 2.43. The van der Waals surface area contributed by atoms with Crippen LogP contribution in [0.4, 0.5) is 0 Å². The molecule has 2 aromatic carbocycles. The van der Waals surface area contributed by atoms with E-state index < -0.39 is 11.6 Å². The van der Waals surface area contributed by atoms with E-state index in [2.05, 4.69) is 4.98 Å². The third-order valence-electron chi connectivity index (χ3n) is 3.88. The van der Waals surface area contributed by atoms with E-state index in [9.17, 15) is 19.8 Å². The number of hydrogen-bond acceptors (Lipinski definition) is 5. The summed E-state index contributed by atoms with van der Waals surface area (Å²) in [7, 11) is 0. The largest absolute Gasteiger partial charge is 0.506 e. The highest BCUT2D eigenvalue weighted by Gasteiger charge is 2.36. The zero-order valence-corrected chi connectivity index (χ0v) is 11.2. The summed E-state index contributed by atoms with van der Waals surface area (Å²) in [6, 6.07) is 9.46. The Morgan fingerprint density at radius 3 is 2.00 bits per heavy atom. The van der Waals surface area contributed by atoms with Gasteiger partial charge in [-0.1, -0.05) is 24.3 Å². The molecule has 0 saturated carbocycles. The summed E-state index contributed by atoms with van der Waals surface area (Å²) in [5.74, 6) is -1.69. The van der Waals surface area contributed by atoms with Crippen LogP contribution >= 0.6 is 0 Å². The molecule has 0 spiro atoms. The highest BCUT2D eigenvalue weighted by molar-refractivity contribution is 6.32. The van der Waals surface area contributed by atoms with Crippen LogP contribution in [0.15, 0.2) is 42.6 Å². The van der Waals surface area contributed by atoms with Crippen LogP contribution in [-0.2, 0) is 0 Å². The van der Waals surface area contributed by atoms with Gasteiger partial charge in [0.1, 0.15) is 11.3 Å². The van der Waals surface area contributed by atoms with E-state index in [1.54, 1.807) is 18.2 Å². The predicted molar refractivity (Wildman–Crippen MR) is 78.4 cm³/mol. The Hall–Kier alpha value is -3.21. The van der Waals surface area contributed by atoms with Crippen LogP contribution in [-0.4, -0.2) is 26.8 Å². The van der Waals surface area contributed by atoms with Gasteiger partial charge in [0.05, 0.1) is 11.1 Å². The average molecular weight is 291 g/mol. The SMILES string of the molecule is O=C1c2ccccc2C(=O)c2c1c(O)c1cccnc1c2O. The molecule has 0 unspecified atom stereocenters. The summed E-state index contributed by atoms with van der Waals surface area (Å²) in [6.45, 7) is 0. The van der Waals surface area contributed by atoms with Crippen LogP contribution < -0.4 is 0 Å². The average Bonchev–Trinajstić information content (AvgIpc) is 2.56. The zero-order valence-electron chi connectivity index (χ0n) is 11.2. The maximum Gasteiger partial charge on any atom is 0.198 e. The summed E-state index contributed by atoms with van der Waals surface area (Å²) in [5, 5.41) is 21.0. The molecule has 22 heavy (non-hydrogen) atoms. The van der Waals surface area contributed by atoms with Gasteiger partial charge < -0.3 is 10.2 Å². The maximum atomic E-state index is 12.6. The molecular weight excluding hydrogens is 282 g/mol. The van der Waals surface area contributed by atoms with Crippen LogP contribution in [0.3, 0.4) is 0 Å². The number of benzene rings is 2. The van der Waals surface area contributed by atoms with Gasteiger partial charge >= 0.3 is 0 Å². The first-order valence-corrected chi connectivity index (χ1v) is 6.62. The Morgan fingerprint density at radius 2 is 1.36 bits per heavy atom. The van der Waals surface area contributed by atoms with Gasteiger partial charge in [0.2, 0.25) is 0 Å². The van der Waals surface area contributed by atoms with Crippen LogP contribution in [0.25, 0.3) is 10.9 Å². The molecule has 3 aromatic rings. The molecule has 0 bridgehead atoms. The highest BCUT2D eigenvalue weighted by atomic mass is 16.3. The van der Waals surface area contributed by atoms with Gasteiger partial charge in [0, 0.05) is 22.7 Å². The molecule has 0 fully saturated rings. The molecule has 5 nitrogen and oxygen atoms in total. The summed E-state index contributed by atoms with van der Waals surface area (Å²) >= 11 is 0. The minimum absolute atomic E-state index is 0.0966.